The molecule has 2 aliphatic rings. The number of carbonyl (C=O) groups is 1. The number of amides is 1. The maximum Gasteiger partial charge on any atom is 0.241 e. The van der Waals surface area contributed by atoms with E-state index in [0.29, 0.717) is 29.1 Å². The van der Waals surface area contributed by atoms with E-state index >= 15 is 0 Å². The number of ether oxygens (including phenoxy) is 1. The molecule has 0 spiro atoms. The normalized spacial score (nSPS) is 16.9. The lowest BCUT2D eigenvalue weighted by molar-refractivity contribution is -0.118. The van der Waals surface area contributed by atoms with Gasteiger partial charge in [-0.1, -0.05) is 6.07 Å². The zero-order valence-corrected chi connectivity index (χ0v) is 14.6. The van der Waals surface area contributed by atoms with Gasteiger partial charge < -0.3 is 19.4 Å². The van der Waals surface area contributed by atoms with E-state index in [9.17, 15) is 4.79 Å². The van der Waals surface area contributed by atoms with Crippen molar-refractivity contribution in [3.05, 3.63) is 64.7 Å². The van der Waals surface area contributed by atoms with Gasteiger partial charge >= 0.3 is 0 Å². The van der Waals surface area contributed by atoms with Crippen LogP contribution in [-0.2, 0) is 11.3 Å². The number of nitrogens with one attached hydrogen (secondary N) is 1. The van der Waals surface area contributed by atoms with Crippen LogP contribution in [0.15, 0.2) is 46.9 Å². The molecule has 3 aromatic rings. The highest BCUT2D eigenvalue weighted by Gasteiger charge is 2.44. The Bertz CT molecular complexity index is 1050. The zero-order valence-electron chi connectivity index (χ0n) is 13.8. The second kappa shape index (κ2) is 5.51. The van der Waals surface area contributed by atoms with Crippen LogP contribution in [0.2, 0.25) is 5.22 Å². The van der Waals surface area contributed by atoms with Gasteiger partial charge in [-0.05, 0) is 41.9 Å². The molecule has 130 valence electrons. The summed E-state index contributed by atoms with van der Waals surface area (Å²) in [4.78, 5) is 19.6. The molecule has 0 saturated heterocycles. The number of carbonyl (C=O) groups excluding carboxylic acids is 1. The van der Waals surface area contributed by atoms with Crippen LogP contribution < -0.4 is 15.0 Å². The monoisotopic (exact) mass is 367 g/mol. The Labute approximate surface area is 154 Å². The molecule has 6 nitrogen and oxygen atoms in total. The van der Waals surface area contributed by atoms with Gasteiger partial charge in [0.2, 0.25) is 11.8 Å². The highest BCUT2D eigenvalue weighted by molar-refractivity contribution is 6.28. The molecular formula is C19H14ClN3O3. The Kier molecular flexibility index (Phi) is 3.24. The summed E-state index contributed by atoms with van der Waals surface area (Å²) >= 11 is 5.87. The molecular weight excluding hydrogens is 354 g/mol. The lowest BCUT2D eigenvalue weighted by atomic mass is 9.91. The van der Waals surface area contributed by atoms with Crippen molar-refractivity contribution in [1.82, 2.24) is 4.98 Å². The van der Waals surface area contributed by atoms with Crippen LogP contribution in [-0.4, -0.2) is 18.0 Å². The zero-order chi connectivity index (χ0) is 17.8. The molecule has 7 heteroatoms. The van der Waals surface area contributed by atoms with Gasteiger partial charge in [0, 0.05) is 17.3 Å². The smallest absolute Gasteiger partial charge is 0.241 e. The van der Waals surface area contributed by atoms with Crippen molar-refractivity contribution >= 4 is 34.6 Å². The maximum atomic E-state index is 13.3. The molecule has 2 aromatic heterocycles. The first-order chi connectivity index (χ1) is 12.7. The number of anilines is 3. The summed E-state index contributed by atoms with van der Waals surface area (Å²) in [7, 11) is 1.56. The van der Waals surface area contributed by atoms with Crippen molar-refractivity contribution < 1.29 is 13.9 Å². The lowest BCUT2D eigenvalue weighted by Gasteiger charge is -2.23. The maximum absolute atomic E-state index is 13.3. The van der Waals surface area contributed by atoms with Crippen molar-refractivity contribution in [2.45, 2.75) is 12.5 Å². The summed E-state index contributed by atoms with van der Waals surface area (Å²) in [6, 6.07) is 13.0. The number of halogens is 1. The average Bonchev–Trinajstić information content (AvgIpc) is 3.19. The van der Waals surface area contributed by atoms with Gasteiger partial charge in [-0.3, -0.25) is 4.79 Å². The van der Waals surface area contributed by atoms with E-state index in [1.165, 1.54) is 0 Å². The number of hydrogen-bond donors (Lipinski definition) is 1. The van der Waals surface area contributed by atoms with Crippen LogP contribution in [0.4, 0.5) is 17.1 Å². The molecule has 1 atom stereocenters. The second-order valence-electron chi connectivity index (χ2n) is 6.21. The summed E-state index contributed by atoms with van der Waals surface area (Å²) in [6.07, 6.45) is 0. The molecule has 2 aliphatic heterocycles. The Morgan fingerprint density at radius 2 is 2.12 bits per heavy atom. The van der Waals surface area contributed by atoms with E-state index < -0.39 is 5.92 Å². The minimum Gasteiger partial charge on any atom is -0.481 e. The average molecular weight is 368 g/mol. The van der Waals surface area contributed by atoms with Crippen LogP contribution in [0.3, 0.4) is 0 Å². The minimum atomic E-state index is -0.460. The highest BCUT2D eigenvalue weighted by Crippen LogP contribution is 2.51. The van der Waals surface area contributed by atoms with Crippen LogP contribution >= 0.6 is 11.6 Å². The molecule has 5 rings (SSSR count). The molecule has 0 fully saturated rings. The summed E-state index contributed by atoms with van der Waals surface area (Å²) in [6.45, 7) is 0.317. The largest absolute Gasteiger partial charge is 0.481 e. The van der Waals surface area contributed by atoms with Crippen molar-refractivity contribution in [3.63, 3.8) is 0 Å². The number of aromatic nitrogens is 1. The van der Waals surface area contributed by atoms with E-state index in [-0.39, 0.29) is 5.91 Å². The number of rotatable bonds is 3. The summed E-state index contributed by atoms with van der Waals surface area (Å²) in [5, 5.41) is 3.68. The van der Waals surface area contributed by atoms with Crippen LogP contribution in [0.25, 0.3) is 0 Å². The Morgan fingerprint density at radius 1 is 1.23 bits per heavy atom. The Morgan fingerprint density at radius 3 is 2.88 bits per heavy atom. The molecule has 1 aromatic carbocycles. The first-order valence-corrected chi connectivity index (χ1v) is 8.54. The summed E-state index contributed by atoms with van der Waals surface area (Å²) in [5.74, 6) is 0.614. The first-order valence-electron chi connectivity index (χ1n) is 8.16. The molecule has 0 aliphatic carbocycles. The van der Waals surface area contributed by atoms with Crippen LogP contribution in [0, 0.1) is 0 Å². The number of fused-ring (bicyclic) bond motifs is 2. The van der Waals surface area contributed by atoms with Crippen molar-refractivity contribution in [1.29, 1.82) is 0 Å². The van der Waals surface area contributed by atoms with Crippen molar-refractivity contribution in [2.75, 3.05) is 17.3 Å². The molecule has 26 heavy (non-hydrogen) atoms. The fourth-order valence-electron chi connectivity index (χ4n) is 3.65. The minimum absolute atomic E-state index is 0.0384. The first kappa shape index (κ1) is 15.3. The predicted octanol–water partition coefficient (Wildman–Crippen LogP) is 4.07. The third-order valence-electron chi connectivity index (χ3n) is 4.77. The van der Waals surface area contributed by atoms with Gasteiger partial charge in [-0.15, -0.1) is 0 Å². The van der Waals surface area contributed by atoms with Crippen LogP contribution in [0.1, 0.15) is 22.9 Å². The highest BCUT2D eigenvalue weighted by atomic mass is 35.5. The number of benzene rings is 1. The van der Waals surface area contributed by atoms with Crippen molar-refractivity contribution in [3.8, 4) is 5.88 Å². The fourth-order valence-corrected chi connectivity index (χ4v) is 3.81. The second-order valence-corrected chi connectivity index (χ2v) is 6.59. The number of nitrogens with zero attached hydrogens (tertiary/aromatic N) is 2. The number of hydrogen-bond acceptors (Lipinski definition) is 5. The van der Waals surface area contributed by atoms with Crippen molar-refractivity contribution in [2.24, 2.45) is 0 Å². The predicted molar refractivity (Wildman–Crippen MR) is 97.3 cm³/mol. The Balaban J connectivity index is 1.64. The number of pyridine rings is 1. The lowest BCUT2D eigenvalue weighted by Crippen LogP contribution is -2.29. The molecule has 0 radical (unpaired) electrons. The fraction of sp³-hybridized carbons (Fsp3) is 0.158. The topological polar surface area (TPSA) is 67.6 Å². The molecule has 1 amide bonds. The molecule has 0 saturated carbocycles. The van der Waals surface area contributed by atoms with Gasteiger partial charge in [0.05, 0.1) is 30.7 Å². The van der Waals surface area contributed by atoms with E-state index in [1.54, 1.807) is 30.2 Å². The number of methoxy groups -OCH3 is 1. The van der Waals surface area contributed by atoms with E-state index in [4.69, 9.17) is 20.8 Å². The van der Waals surface area contributed by atoms with Gasteiger partial charge in [0.25, 0.3) is 0 Å². The third kappa shape index (κ3) is 2.12. The number of furan rings is 1. The van der Waals surface area contributed by atoms with Gasteiger partial charge in [-0.2, -0.15) is 0 Å². The Hall–Kier alpha value is -2.99. The molecule has 1 N–H and O–H groups in total. The SMILES string of the molecule is COc1ccc2c(n1)C1C(=O)N(Cc3ccc(Cl)o3)c3cccc(c31)N2. The molecule has 0 bridgehead atoms. The third-order valence-corrected chi connectivity index (χ3v) is 4.97. The molecule has 1 unspecified atom stereocenters. The van der Waals surface area contributed by atoms with E-state index in [1.807, 2.05) is 24.3 Å². The van der Waals surface area contributed by atoms with Gasteiger partial charge in [0.1, 0.15) is 11.7 Å². The van der Waals surface area contributed by atoms with Crippen LogP contribution in [0.5, 0.6) is 5.88 Å². The van der Waals surface area contributed by atoms with E-state index in [0.717, 1.165) is 22.6 Å². The quantitative estimate of drug-likeness (QED) is 0.755. The van der Waals surface area contributed by atoms with Gasteiger partial charge in [0.15, 0.2) is 5.22 Å². The van der Waals surface area contributed by atoms with E-state index in [2.05, 4.69) is 10.3 Å². The summed E-state index contributed by atoms with van der Waals surface area (Å²) < 4.78 is 10.7. The summed E-state index contributed by atoms with van der Waals surface area (Å²) in [5.41, 5.74) is 4.20. The van der Waals surface area contributed by atoms with Gasteiger partial charge in [-0.25, -0.2) is 4.98 Å². The standard InChI is InChI=1S/C19H14ClN3O3/c1-25-15-8-6-12-18(22-15)17-16-11(21-12)3-2-4-13(16)23(19(17)24)9-10-5-7-14(20)26-10/h2-8,17,21H,9H2,1H3. The molecule has 4 heterocycles.